The van der Waals surface area contributed by atoms with Gasteiger partial charge in [-0.25, -0.2) is 9.97 Å². The summed E-state index contributed by atoms with van der Waals surface area (Å²) in [5, 5.41) is 0. The van der Waals surface area contributed by atoms with Crippen molar-refractivity contribution in [2.45, 2.75) is 39.7 Å². The molecule has 0 aliphatic rings. The summed E-state index contributed by atoms with van der Waals surface area (Å²) in [6.07, 6.45) is 0. The summed E-state index contributed by atoms with van der Waals surface area (Å²) in [6.45, 7) is 9.24. The van der Waals surface area contributed by atoms with E-state index >= 15 is 0 Å². The van der Waals surface area contributed by atoms with Crippen LogP contribution in [0.5, 0.6) is 0 Å². The van der Waals surface area contributed by atoms with Crippen LogP contribution in [0, 0.1) is 0 Å². The number of halogens is 1. The van der Waals surface area contributed by atoms with Crippen molar-refractivity contribution < 1.29 is 4.74 Å². The molecule has 0 radical (unpaired) electrons. The van der Waals surface area contributed by atoms with E-state index in [1.807, 2.05) is 6.92 Å². The van der Waals surface area contributed by atoms with Gasteiger partial charge >= 0.3 is 0 Å². The Morgan fingerprint density at radius 3 is 2.44 bits per heavy atom. The number of nitrogen functional groups attached to an aromatic ring is 1. The molecule has 0 bridgehead atoms. The third kappa shape index (κ3) is 3.15. The summed E-state index contributed by atoms with van der Waals surface area (Å²) < 4.78 is 6.06. The largest absolute Gasteiger partial charge is 0.383 e. The Labute approximate surface area is 105 Å². The monoisotopic (exact) mass is 287 g/mol. The van der Waals surface area contributed by atoms with Crippen LogP contribution in [0.15, 0.2) is 4.47 Å². The summed E-state index contributed by atoms with van der Waals surface area (Å²) in [6, 6.07) is 0. The minimum absolute atomic E-state index is 0.0726. The number of hydrogen-bond donors (Lipinski definition) is 1. The highest BCUT2D eigenvalue weighted by molar-refractivity contribution is 9.10. The van der Waals surface area contributed by atoms with E-state index in [9.17, 15) is 0 Å². The fourth-order valence-electron chi connectivity index (χ4n) is 1.27. The molecule has 0 aromatic carbocycles. The highest BCUT2D eigenvalue weighted by atomic mass is 79.9. The van der Waals surface area contributed by atoms with Crippen molar-refractivity contribution in [2.24, 2.45) is 0 Å². The molecule has 1 heterocycles. The van der Waals surface area contributed by atoms with Crippen LogP contribution < -0.4 is 5.73 Å². The van der Waals surface area contributed by atoms with E-state index in [1.54, 1.807) is 0 Å². The van der Waals surface area contributed by atoms with Crippen molar-refractivity contribution in [3.05, 3.63) is 16.0 Å². The second-order valence-corrected chi connectivity index (χ2v) is 5.37. The molecule has 0 unspecified atom stereocenters. The third-order valence-corrected chi connectivity index (χ3v) is 2.85. The van der Waals surface area contributed by atoms with Gasteiger partial charge in [-0.2, -0.15) is 0 Å². The number of rotatable bonds is 3. The summed E-state index contributed by atoms with van der Waals surface area (Å²) in [7, 11) is 0. The Bertz CT molecular complexity index is 374. The van der Waals surface area contributed by atoms with Crippen molar-refractivity contribution >= 4 is 21.7 Å². The van der Waals surface area contributed by atoms with Crippen molar-refractivity contribution in [1.29, 1.82) is 0 Å². The van der Waals surface area contributed by atoms with Crippen LogP contribution in [0.4, 0.5) is 5.82 Å². The molecule has 1 aromatic rings. The highest BCUT2D eigenvalue weighted by Crippen LogP contribution is 2.31. The van der Waals surface area contributed by atoms with Gasteiger partial charge in [0.15, 0.2) is 5.82 Å². The average Bonchev–Trinajstić information content (AvgIpc) is 2.17. The normalized spacial score (nSPS) is 11.8. The molecule has 5 heteroatoms. The van der Waals surface area contributed by atoms with Crippen LogP contribution in [-0.4, -0.2) is 16.6 Å². The quantitative estimate of drug-likeness (QED) is 0.928. The molecule has 0 saturated carbocycles. The number of nitrogens with two attached hydrogens (primary N) is 1. The molecule has 0 atom stereocenters. The zero-order chi connectivity index (χ0) is 12.3. The van der Waals surface area contributed by atoms with E-state index in [0.29, 0.717) is 24.9 Å². The Morgan fingerprint density at radius 2 is 1.94 bits per heavy atom. The van der Waals surface area contributed by atoms with Crippen LogP contribution in [0.25, 0.3) is 0 Å². The van der Waals surface area contributed by atoms with E-state index in [0.717, 1.165) is 10.2 Å². The van der Waals surface area contributed by atoms with E-state index in [1.165, 1.54) is 0 Å². The molecular formula is C11H18BrN3O. The van der Waals surface area contributed by atoms with Crippen LogP contribution >= 0.6 is 15.9 Å². The first-order valence-electron chi connectivity index (χ1n) is 5.26. The molecule has 4 nitrogen and oxygen atoms in total. The minimum atomic E-state index is -0.0726. The lowest BCUT2D eigenvalue weighted by atomic mass is 9.92. The Balaban J connectivity index is 3.12. The zero-order valence-corrected chi connectivity index (χ0v) is 11.8. The first-order valence-corrected chi connectivity index (χ1v) is 6.05. The maximum atomic E-state index is 5.84. The molecular weight excluding hydrogens is 270 g/mol. The number of anilines is 1. The molecule has 1 rings (SSSR count). The van der Waals surface area contributed by atoms with Crippen molar-refractivity contribution in [3.63, 3.8) is 0 Å². The van der Waals surface area contributed by atoms with Gasteiger partial charge in [0.1, 0.15) is 12.4 Å². The maximum Gasteiger partial charge on any atom is 0.156 e. The van der Waals surface area contributed by atoms with Gasteiger partial charge in [0, 0.05) is 12.0 Å². The topological polar surface area (TPSA) is 61.0 Å². The van der Waals surface area contributed by atoms with Gasteiger partial charge < -0.3 is 10.5 Å². The van der Waals surface area contributed by atoms with Gasteiger partial charge in [0.05, 0.1) is 10.2 Å². The van der Waals surface area contributed by atoms with Gasteiger partial charge in [0.2, 0.25) is 0 Å². The van der Waals surface area contributed by atoms with E-state index in [4.69, 9.17) is 10.5 Å². The minimum Gasteiger partial charge on any atom is -0.383 e. The van der Waals surface area contributed by atoms with E-state index < -0.39 is 0 Å². The van der Waals surface area contributed by atoms with Crippen molar-refractivity contribution in [3.8, 4) is 0 Å². The molecule has 90 valence electrons. The Morgan fingerprint density at radius 1 is 1.31 bits per heavy atom. The van der Waals surface area contributed by atoms with Crippen molar-refractivity contribution in [2.75, 3.05) is 12.3 Å². The Hall–Kier alpha value is -0.680. The number of ether oxygens (including phenoxy) is 1. The van der Waals surface area contributed by atoms with Crippen molar-refractivity contribution in [1.82, 2.24) is 9.97 Å². The van der Waals surface area contributed by atoms with Crippen LogP contribution in [-0.2, 0) is 16.8 Å². The lowest BCUT2D eigenvalue weighted by Crippen LogP contribution is -2.18. The second-order valence-electron chi connectivity index (χ2n) is 4.57. The van der Waals surface area contributed by atoms with Crippen LogP contribution in [0.2, 0.25) is 0 Å². The molecule has 0 aliphatic heterocycles. The van der Waals surface area contributed by atoms with E-state index in [2.05, 4.69) is 46.7 Å². The smallest absolute Gasteiger partial charge is 0.156 e. The fraction of sp³-hybridized carbons (Fsp3) is 0.636. The molecule has 1 aromatic heterocycles. The predicted octanol–water partition coefficient (Wildman–Crippen LogP) is 2.66. The Kier molecular flexibility index (Phi) is 4.27. The summed E-state index contributed by atoms with van der Waals surface area (Å²) in [5.74, 6) is 1.10. The first-order chi connectivity index (χ1) is 7.36. The maximum absolute atomic E-state index is 5.84. The molecule has 0 saturated heterocycles. The van der Waals surface area contributed by atoms with Gasteiger partial charge in [-0.15, -0.1) is 0 Å². The standard InChI is InChI=1S/C11H18BrN3O/c1-5-16-6-7-14-9(11(2,3)4)8(12)10(13)15-7/h5-6H2,1-4H3,(H2,13,14,15). The molecule has 0 aliphatic carbocycles. The summed E-state index contributed by atoms with van der Waals surface area (Å²) >= 11 is 3.43. The summed E-state index contributed by atoms with van der Waals surface area (Å²) in [5.41, 5.74) is 6.68. The second kappa shape index (κ2) is 5.10. The lowest BCUT2D eigenvalue weighted by Gasteiger charge is -2.20. The SMILES string of the molecule is CCOCc1nc(N)c(Br)c(C(C)(C)C)n1. The summed E-state index contributed by atoms with van der Waals surface area (Å²) in [4.78, 5) is 8.66. The fourth-order valence-corrected chi connectivity index (χ4v) is 2.04. The van der Waals surface area contributed by atoms with Crippen LogP contribution in [0.3, 0.4) is 0 Å². The number of hydrogen-bond acceptors (Lipinski definition) is 4. The highest BCUT2D eigenvalue weighted by Gasteiger charge is 2.22. The van der Waals surface area contributed by atoms with Gasteiger partial charge in [-0.3, -0.25) is 0 Å². The molecule has 0 spiro atoms. The third-order valence-electron chi connectivity index (χ3n) is 2.07. The lowest BCUT2D eigenvalue weighted by molar-refractivity contribution is 0.128. The average molecular weight is 288 g/mol. The van der Waals surface area contributed by atoms with Crippen LogP contribution in [0.1, 0.15) is 39.2 Å². The van der Waals surface area contributed by atoms with Gasteiger partial charge in [0.25, 0.3) is 0 Å². The molecule has 2 N–H and O–H groups in total. The molecule has 0 amide bonds. The predicted molar refractivity (Wildman–Crippen MR) is 68.2 cm³/mol. The molecule has 0 fully saturated rings. The number of nitrogens with zero attached hydrogens (tertiary/aromatic N) is 2. The first kappa shape index (κ1) is 13.4. The van der Waals surface area contributed by atoms with Gasteiger partial charge in [-0.05, 0) is 22.9 Å². The van der Waals surface area contributed by atoms with Gasteiger partial charge in [-0.1, -0.05) is 20.8 Å². The number of aromatic nitrogens is 2. The molecule has 16 heavy (non-hydrogen) atoms. The van der Waals surface area contributed by atoms with E-state index in [-0.39, 0.29) is 5.41 Å². The zero-order valence-electron chi connectivity index (χ0n) is 10.2.